The molecule has 1 fully saturated rings. The summed E-state index contributed by atoms with van der Waals surface area (Å²) in [7, 11) is 0. The number of carbonyl (C=O) groups excluding carboxylic acids is 2. The lowest BCUT2D eigenvalue weighted by molar-refractivity contribution is -0.129. The molecular weight excluding hydrogens is 304 g/mol. The molecule has 6 heteroatoms. The van der Waals surface area contributed by atoms with Crippen LogP contribution in [0.15, 0.2) is 30.6 Å². The van der Waals surface area contributed by atoms with Crippen LogP contribution in [0.2, 0.25) is 0 Å². The van der Waals surface area contributed by atoms with Crippen LogP contribution in [-0.2, 0) is 17.6 Å². The average molecular weight is 324 g/mol. The van der Waals surface area contributed by atoms with Gasteiger partial charge in [-0.1, -0.05) is 24.3 Å². The van der Waals surface area contributed by atoms with E-state index in [4.69, 9.17) is 0 Å². The van der Waals surface area contributed by atoms with Crippen LogP contribution in [0, 0.1) is 6.92 Å². The highest BCUT2D eigenvalue weighted by Crippen LogP contribution is 2.28. The minimum absolute atomic E-state index is 0.122. The van der Waals surface area contributed by atoms with Crippen molar-refractivity contribution in [1.29, 1.82) is 0 Å². The number of imidazole rings is 1. The molecule has 1 atom stereocenters. The third kappa shape index (κ3) is 2.58. The molecule has 2 amide bonds. The van der Waals surface area contributed by atoms with Gasteiger partial charge in [0.1, 0.15) is 5.69 Å². The van der Waals surface area contributed by atoms with Crippen molar-refractivity contribution in [3.8, 4) is 0 Å². The molecule has 0 saturated carbocycles. The normalized spacial score (nSPS) is 20.5. The molecule has 1 unspecified atom stereocenters. The summed E-state index contributed by atoms with van der Waals surface area (Å²) in [6.07, 6.45) is 3.68. The summed E-state index contributed by atoms with van der Waals surface area (Å²) in [6.45, 7) is 2.39. The summed E-state index contributed by atoms with van der Waals surface area (Å²) in [6, 6.07) is 8.42. The van der Waals surface area contributed by atoms with E-state index >= 15 is 0 Å². The van der Waals surface area contributed by atoms with E-state index in [9.17, 15) is 9.59 Å². The maximum atomic E-state index is 12.4. The summed E-state index contributed by atoms with van der Waals surface area (Å²) in [4.78, 5) is 33.5. The fourth-order valence-corrected chi connectivity index (χ4v) is 3.78. The second kappa shape index (κ2) is 5.78. The summed E-state index contributed by atoms with van der Waals surface area (Å²) in [5.74, 6) is -0.0973. The van der Waals surface area contributed by atoms with Gasteiger partial charge in [0.15, 0.2) is 0 Å². The van der Waals surface area contributed by atoms with Crippen LogP contribution < -0.4 is 5.32 Å². The van der Waals surface area contributed by atoms with Gasteiger partial charge in [-0.25, -0.2) is 4.98 Å². The van der Waals surface area contributed by atoms with E-state index in [1.54, 1.807) is 0 Å². The number of nitrogens with one attached hydrogen (secondary N) is 2. The van der Waals surface area contributed by atoms with Crippen molar-refractivity contribution in [3.05, 3.63) is 53.1 Å². The Kier molecular flexibility index (Phi) is 3.59. The van der Waals surface area contributed by atoms with Gasteiger partial charge >= 0.3 is 0 Å². The standard InChI is InChI=1S/C18H20N4O2/c1-11-17(20-10-19-11)18(24)21-14-8-16(23)22(9-14)15-6-12-4-2-3-5-13(12)7-15/h2-5,10,14-15H,6-9H2,1H3,(H,19,20)(H,21,24). The Bertz CT molecular complexity index is 773. The second-order valence-electron chi connectivity index (χ2n) is 6.63. The Morgan fingerprint density at radius 2 is 1.96 bits per heavy atom. The van der Waals surface area contributed by atoms with E-state index in [1.165, 1.54) is 17.5 Å². The van der Waals surface area contributed by atoms with Gasteiger partial charge in [-0.05, 0) is 30.9 Å². The topological polar surface area (TPSA) is 78.1 Å². The molecule has 1 aromatic heterocycles. The Balaban J connectivity index is 1.41. The maximum absolute atomic E-state index is 12.4. The van der Waals surface area contributed by atoms with Crippen LogP contribution >= 0.6 is 0 Å². The van der Waals surface area contributed by atoms with Crippen LogP contribution in [-0.4, -0.2) is 45.3 Å². The van der Waals surface area contributed by atoms with E-state index in [2.05, 4.69) is 27.4 Å². The molecule has 24 heavy (non-hydrogen) atoms. The van der Waals surface area contributed by atoms with Crippen LogP contribution in [0.4, 0.5) is 0 Å². The number of hydrogen-bond donors (Lipinski definition) is 2. The van der Waals surface area contributed by atoms with Gasteiger partial charge in [-0.2, -0.15) is 0 Å². The third-order valence-electron chi connectivity index (χ3n) is 5.01. The quantitative estimate of drug-likeness (QED) is 0.891. The van der Waals surface area contributed by atoms with Crippen molar-refractivity contribution in [2.75, 3.05) is 6.54 Å². The molecule has 1 aliphatic heterocycles. The molecule has 1 saturated heterocycles. The number of benzene rings is 1. The largest absolute Gasteiger partial charge is 0.348 e. The van der Waals surface area contributed by atoms with Gasteiger partial charge in [0.2, 0.25) is 5.91 Å². The number of nitrogens with zero attached hydrogens (tertiary/aromatic N) is 2. The van der Waals surface area contributed by atoms with Crippen LogP contribution in [0.3, 0.4) is 0 Å². The van der Waals surface area contributed by atoms with Crippen molar-refractivity contribution in [1.82, 2.24) is 20.2 Å². The molecule has 4 rings (SSSR count). The van der Waals surface area contributed by atoms with Crippen LogP contribution in [0.25, 0.3) is 0 Å². The summed E-state index contributed by atoms with van der Waals surface area (Å²) >= 11 is 0. The Hall–Kier alpha value is -2.63. The molecule has 2 N–H and O–H groups in total. The lowest BCUT2D eigenvalue weighted by atomic mass is 10.1. The zero-order valence-corrected chi connectivity index (χ0v) is 13.6. The first-order valence-electron chi connectivity index (χ1n) is 8.29. The molecule has 0 bridgehead atoms. The third-order valence-corrected chi connectivity index (χ3v) is 5.01. The van der Waals surface area contributed by atoms with Crippen LogP contribution in [0.5, 0.6) is 0 Å². The number of H-pyrrole nitrogens is 1. The summed E-state index contributed by atoms with van der Waals surface area (Å²) in [5.41, 5.74) is 3.79. The van der Waals surface area contributed by atoms with Crippen molar-refractivity contribution in [2.24, 2.45) is 0 Å². The number of rotatable bonds is 3. The predicted molar refractivity (Wildman–Crippen MR) is 88.5 cm³/mol. The smallest absolute Gasteiger partial charge is 0.272 e. The van der Waals surface area contributed by atoms with Gasteiger partial charge in [0.25, 0.3) is 5.91 Å². The van der Waals surface area contributed by atoms with Gasteiger partial charge in [0.05, 0.1) is 12.4 Å². The first-order valence-corrected chi connectivity index (χ1v) is 8.29. The summed E-state index contributed by atoms with van der Waals surface area (Å²) < 4.78 is 0. The number of carbonyl (C=O) groups is 2. The number of aromatic nitrogens is 2. The van der Waals surface area contributed by atoms with E-state index in [0.717, 1.165) is 18.5 Å². The molecule has 0 radical (unpaired) electrons. The van der Waals surface area contributed by atoms with Gasteiger partial charge in [-0.3, -0.25) is 9.59 Å². The monoisotopic (exact) mass is 324 g/mol. The van der Waals surface area contributed by atoms with Crippen molar-refractivity contribution in [3.63, 3.8) is 0 Å². The van der Waals surface area contributed by atoms with Crippen molar-refractivity contribution in [2.45, 2.75) is 38.3 Å². The number of likely N-dealkylation sites (tertiary alicyclic amines) is 1. The van der Waals surface area contributed by atoms with E-state index < -0.39 is 0 Å². The highest BCUT2D eigenvalue weighted by molar-refractivity contribution is 5.94. The molecule has 0 spiro atoms. The number of aromatic amines is 1. The first-order chi connectivity index (χ1) is 11.6. The Morgan fingerprint density at radius 3 is 2.58 bits per heavy atom. The molecule has 1 aliphatic carbocycles. The second-order valence-corrected chi connectivity index (χ2v) is 6.63. The minimum atomic E-state index is -0.219. The maximum Gasteiger partial charge on any atom is 0.272 e. The number of aryl methyl sites for hydroxylation is 1. The molecule has 2 aromatic rings. The Labute approximate surface area is 140 Å². The van der Waals surface area contributed by atoms with E-state index in [1.807, 2.05) is 24.0 Å². The molecule has 2 heterocycles. The zero-order chi connectivity index (χ0) is 16.7. The van der Waals surface area contributed by atoms with E-state index in [0.29, 0.717) is 18.7 Å². The van der Waals surface area contributed by atoms with Gasteiger partial charge < -0.3 is 15.2 Å². The highest BCUT2D eigenvalue weighted by atomic mass is 16.2. The van der Waals surface area contributed by atoms with Gasteiger partial charge in [0, 0.05) is 24.7 Å². The number of fused-ring (bicyclic) bond motifs is 1. The van der Waals surface area contributed by atoms with Crippen LogP contribution in [0.1, 0.15) is 33.7 Å². The molecular formula is C18H20N4O2. The molecule has 1 aromatic carbocycles. The van der Waals surface area contributed by atoms with Gasteiger partial charge in [-0.15, -0.1) is 0 Å². The highest BCUT2D eigenvalue weighted by Gasteiger charge is 2.37. The molecule has 124 valence electrons. The molecule has 2 aliphatic rings. The fourth-order valence-electron chi connectivity index (χ4n) is 3.78. The first kappa shape index (κ1) is 14.9. The van der Waals surface area contributed by atoms with Crippen molar-refractivity contribution < 1.29 is 9.59 Å². The van der Waals surface area contributed by atoms with E-state index in [-0.39, 0.29) is 23.9 Å². The summed E-state index contributed by atoms with van der Waals surface area (Å²) in [5, 5.41) is 2.94. The minimum Gasteiger partial charge on any atom is -0.348 e. The number of hydrogen-bond acceptors (Lipinski definition) is 3. The zero-order valence-electron chi connectivity index (χ0n) is 13.6. The lowest BCUT2D eigenvalue weighted by Crippen LogP contribution is -2.41. The number of amides is 2. The molecule has 6 nitrogen and oxygen atoms in total. The fraction of sp³-hybridized carbons (Fsp3) is 0.389. The van der Waals surface area contributed by atoms with Crippen molar-refractivity contribution >= 4 is 11.8 Å². The predicted octanol–water partition coefficient (Wildman–Crippen LogP) is 1.22. The SMILES string of the molecule is Cc1[nH]cnc1C(=O)NC1CC(=O)N(C2Cc3ccccc3C2)C1. The Morgan fingerprint density at radius 1 is 1.25 bits per heavy atom. The lowest BCUT2D eigenvalue weighted by Gasteiger charge is -2.24. The average Bonchev–Trinajstić information content (AvgIpc) is 3.25.